The van der Waals surface area contributed by atoms with Crippen LogP contribution in [0.2, 0.25) is 0 Å². The molecule has 8 heteroatoms. The average Bonchev–Trinajstić information content (AvgIpc) is 0.767. The quantitative estimate of drug-likeness (QED) is 0.0503. The Balaban J connectivity index is 0.00000793. The van der Waals surface area contributed by atoms with Crippen LogP contribution in [0.25, 0.3) is 201 Å². The molecule has 0 amide bonds. The van der Waals surface area contributed by atoms with Crippen molar-refractivity contribution in [1.82, 2.24) is 29.9 Å². The number of nitrogens with zero attached hydrogens (tertiary/aromatic N) is 6. The zero-order valence-corrected chi connectivity index (χ0v) is 77.4. The van der Waals surface area contributed by atoms with Gasteiger partial charge in [0, 0.05) is 52.2 Å². The van der Waals surface area contributed by atoms with E-state index in [-0.39, 0.29) is 117 Å². The fraction of sp³-hybridized carbons (Fsp3) is 0.129. The van der Waals surface area contributed by atoms with Gasteiger partial charge in [0.05, 0.1) is 6.30 Å². The van der Waals surface area contributed by atoms with E-state index in [1.807, 2.05) is 212 Å². The molecule has 0 bridgehead atoms. The first kappa shape index (κ1) is 67.3. The third kappa shape index (κ3) is 19.3. The topological polar surface area (TPSA) is 77.3 Å². The van der Waals surface area contributed by atoms with E-state index in [4.69, 9.17) is 28.8 Å². The summed E-state index contributed by atoms with van der Waals surface area (Å²) in [7, 11) is 0. The van der Waals surface area contributed by atoms with Crippen molar-refractivity contribution in [3.63, 3.8) is 0 Å². The normalized spacial score (nSPS) is 14.3. The summed E-state index contributed by atoms with van der Waals surface area (Å²) in [5.41, 5.74) is 25.9. The molecule has 0 atom stereocenters. The Labute approximate surface area is 834 Å². The van der Waals surface area contributed by atoms with Gasteiger partial charge in [-0.15, -0.1) is 179 Å². The zero-order valence-electron chi connectivity index (χ0n) is 93.6. The predicted octanol–water partition coefficient (Wildman–Crippen LogP) is 31.9. The smallest absolute Gasteiger partial charge is 0.304 e. The second kappa shape index (κ2) is 41.0. The summed E-state index contributed by atoms with van der Waals surface area (Å²) >= 11 is 0. The second-order valence-corrected chi connectivity index (χ2v) is 31.6. The second-order valence-electron chi connectivity index (χ2n) is 31.6. The molecule has 0 saturated heterocycles. The van der Waals surface area contributed by atoms with Crippen molar-refractivity contribution in [2.24, 2.45) is 0 Å². The molecule has 0 saturated carbocycles. The van der Waals surface area contributed by atoms with Gasteiger partial charge in [-0.25, -0.2) is 0 Å². The first-order valence-corrected chi connectivity index (χ1v) is 43.5. The van der Waals surface area contributed by atoms with Crippen LogP contribution in [0.1, 0.15) is 127 Å². The summed E-state index contributed by atoms with van der Waals surface area (Å²) in [5, 5.41) is 0. The summed E-state index contributed by atoms with van der Waals surface area (Å²) in [5.74, 6) is 0. The van der Waals surface area contributed by atoms with Crippen LogP contribution >= 0.6 is 0 Å². The SMILES string of the molecule is [2H]c1nc(-c2[c-]cc(-c3ccccc3-c3cc(-c4ccccc4-c4c[c-]c(-c5cc(C([2H])([2H])[2H])c(C([2H])([2H])CC)cn5)cc4)cc(-c4ccccc4-c4c[c-]c(-c5cc(C([2H])([2H])[2H])c(C([2H])([2H])CC)cn5)cc4)c3)cc2)cc(-c2[c-]cc(-c3ccccc3-c3cc(-c4ccccc4-c4c[c-]c(-c5cc(C([2H])([2H])[2H])c(C([2H])([2H])CC)cn5)cc4)cc(-c4ccccc4-c4c[c-]c(-c5cc(C([2H])([2H])[2H])c(C([2H])([2H])CC)cn5)cc4)c3)cc2)n1.[Ir+3].[Ir+3]. The van der Waals surface area contributed by atoms with Crippen LogP contribution in [0.4, 0.5) is 0 Å². The summed E-state index contributed by atoms with van der Waals surface area (Å²) in [6.07, 6.45) is -2.36. The van der Waals surface area contributed by atoms with Gasteiger partial charge in [-0.05, 0) is 212 Å². The summed E-state index contributed by atoms with van der Waals surface area (Å²) in [6.45, 7) is -3.79. The van der Waals surface area contributed by atoms with Crippen LogP contribution in [0.15, 0.2) is 353 Å². The third-order valence-corrected chi connectivity index (χ3v) is 23.4. The van der Waals surface area contributed by atoms with Crippen molar-refractivity contribution < 1.29 is 69.0 Å². The maximum absolute atomic E-state index is 9.14. The Morgan fingerprint density at radius 1 is 0.220 bits per heavy atom. The largest absolute Gasteiger partial charge is 3.00 e. The average molecular weight is 2080 g/mol. The fourth-order valence-electron chi connectivity index (χ4n) is 17.0. The molecule has 19 rings (SSSR count). The van der Waals surface area contributed by atoms with Crippen LogP contribution < -0.4 is 0 Å². The Morgan fingerprint density at radius 3 is 0.553 bits per heavy atom. The Hall–Kier alpha value is -13.9. The number of hydrogen-bond acceptors (Lipinski definition) is 6. The summed E-state index contributed by atoms with van der Waals surface area (Å²) in [4.78, 5) is 27.7. The molecule has 0 aliphatic rings. The molecule has 0 spiro atoms. The maximum atomic E-state index is 9.14. The molecule has 0 aliphatic heterocycles. The van der Waals surface area contributed by atoms with E-state index in [0.717, 1.165) is 134 Å². The molecule has 14 aromatic carbocycles. The Kier molecular flexibility index (Phi) is 20.9. The van der Waals surface area contributed by atoms with Gasteiger partial charge in [0.1, 0.15) is 1.37 Å². The van der Waals surface area contributed by atoms with Gasteiger partial charge in [-0.1, -0.05) is 318 Å². The Morgan fingerprint density at radius 2 is 0.394 bits per heavy atom. The maximum Gasteiger partial charge on any atom is 3.00 e. The van der Waals surface area contributed by atoms with E-state index < -0.39 is 52.9 Å². The van der Waals surface area contributed by atoms with E-state index in [9.17, 15) is 0 Å². The van der Waals surface area contributed by atoms with Crippen molar-refractivity contribution in [1.29, 1.82) is 0 Å². The predicted molar refractivity (Wildman–Crippen MR) is 539 cm³/mol. The molecule has 642 valence electrons. The molecule has 0 N–H and O–H groups in total. The molecular formula is C124H98Ir2N6. The Bertz CT molecular complexity index is 7500. The van der Waals surface area contributed by atoms with Crippen molar-refractivity contribution in [3.8, 4) is 201 Å². The van der Waals surface area contributed by atoms with E-state index in [1.54, 1.807) is 27.7 Å². The van der Waals surface area contributed by atoms with Crippen LogP contribution in [-0.4, -0.2) is 29.9 Å². The van der Waals surface area contributed by atoms with E-state index in [0.29, 0.717) is 67.5 Å². The number of benzene rings is 14. The first-order valence-electron chi connectivity index (χ1n) is 54.0. The molecule has 0 aliphatic carbocycles. The van der Waals surface area contributed by atoms with E-state index in [1.165, 1.54) is 49.1 Å². The van der Waals surface area contributed by atoms with Crippen LogP contribution in [0.3, 0.4) is 0 Å². The number of hydrogen-bond donors (Lipinski definition) is 0. The number of rotatable bonds is 26. The summed E-state index contributed by atoms with van der Waals surface area (Å²) < 4.78 is 179. The molecule has 132 heavy (non-hydrogen) atoms. The van der Waals surface area contributed by atoms with Gasteiger partial charge in [-0.3, -0.25) is 9.97 Å². The van der Waals surface area contributed by atoms with Crippen LogP contribution in [0.5, 0.6) is 0 Å². The van der Waals surface area contributed by atoms with Crippen molar-refractivity contribution in [3.05, 3.63) is 434 Å². The first-order chi connectivity index (χ1) is 72.0. The molecule has 19 aromatic rings. The summed E-state index contributed by atoms with van der Waals surface area (Å²) in [6, 6.07) is 124. The molecule has 0 radical (unpaired) electrons. The van der Waals surface area contributed by atoms with Crippen molar-refractivity contribution in [2.75, 3.05) is 0 Å². The van der Waals surface area contributed by atoms with Crippen LogP contribution in [0, 0.1) is 63.8 Å². The van der Waals surface area contributed by atoms with Gasteiger partial charge in [-0.2, -0.15) is 0 Å². The monoisotopic (exact) mass is 2080 g/mol. The van der Waals surface area contributed by atoms with Gasteiger partial charge in [0.25, 0.3) is 0 Å². The molecule has 5 heterocycles. The van der Waals surface area contributed by atoms with Gasteiger partial charge in [0.15, 0.2) is 0 Å². The van der Waals surface area contributed by atoms with Crippen LogP contribution in [-0.2, 0) is 65.7 Å². The van der Waals surface area contributed by atoms with Crippen molar-refractivity contribution in [2.45, 2.75) is 106 Å². The molecule has 6 nitrogen and oxygen atoms in total. The number of aryl methyl sites for hydroxylation is 8. The number of aromatic nitrogens is 6. The molecule has 0 fully saturated rings. The molecule has 0 unspecified atom stereocenters. The van der Waals surface area contributed by atoms with Gasteiger partial charge in [0.2, 0.25) is 0 Å². The van der Waals surface area contributed by atoms with Gasteiger partial charge >= 0.3 is 40.2 Å². The minimum Gasteiger partial charge on any atom is -0.304 e. The van der Waals surface area contributed by atoms with Crippen molar-refractivity contribution >= 4 is 0 Å². The standard InChI is InChI=1S/C124H98N6.2Ir/c1-9-25-97-76-125-119(65-81(97)5)91-53-41-85(42-54-91)107-29-13-19-35-113(107)101-69-102(114-36-20-14-30-108(114)86-43-55-92(56-44-86)120-66-82(6)98(26-10-2)77-126-120)72-105(71-101)117-39-23-17-33-111(117)89-49-61-95(62-50-89)123-75-124(130-80-129-123)96-63-51-90(52-64-96)112-34-18-24-40-118(112)106-73-103(115-37-21-15-31-109(115)87-45-57-93(58-46-87)121-67-83(7)99(27-11-3)78-127-121)70-104(74-106)116-38-22-16-32-110(116)88-47-59-94(60-48-88)122-68-84(8)100(28-12-4)79-128-122;;/h13-24,29-53,55,57,59,61,63,65-80H,9-12,25-28H2,1-8H3;;/q-6;2*+3/i5D3,6D3,7D3,8D3,25D2,26D2,27D2,28D2,80D;;. The van der Waals surface area contributed by atoms with E-state index in [2.05, 4.69) is 151 Å². The minimum atomic E-state index is -2.62. The zero-order chi connectivity index (χ0) is 107. The third-order valence-electron chi connectivity index (χ3n) is 23.4. The van der Waals surface area contributed by atoms with Gasteiger partial charge < -0.3 is 19.9 Å². The fourth-order valence-corrected chi connectivity index (χ4v) is 17.0. The molecule has 5 aromatic heterocycles. The minimum absolute atomic E-state index is 0. The van der Waals surface area contributed by atoms with E-state index >= 15 is 0 Å². The molecular weight excluding hydrogens is 1960 g/mol. The number of pyridine rings is 4.